The Morgan fingerprint density at radius 1 is 1.18 bits per heavy atom. The van der Waals surface area contributed by atoms with Crippen LogP contribution in [0.5, 0.6) is 0 Å². The van der Waals surface area contributed by atoms with Gasteiger partial charge in [-0.3, -0.25) is 4.79 Å². The van der Waals surface area contributed by atoms with Crippen molar-refractivity contribution in [2.45, 2.75) is 26.2 Å². The van der Waals surface area contributed by atoms with Crippen molar-refractivity contribution in [3.8, 4) is 0 Å². The highest BCUT2D eigenvalue weighted by Crippen LogP contribution is 1.93. The average Bonchev–Trinajstić information content (AvgIpc) is 2.03. The van der Waals surface area contributed by atoms with Gasteiger partial charge in [0.15, 0.2) is 0 Å². The number of ether oxygens (including phenoxy) is 2. The number of carbonyl (C=O) groups excluding carboxylic acids is 1. The monoisotopic (exact) mass is 160 g/mol. The highest BCUT2D eigenvalue weighted by atomic mass is 16.5. The van der Waals surface area contributed by atoms with Crippen LogP contribution in [0.1, 0.15) is 26.2 Å². The Balaban J connectivity index is 2.74. The Morgan fingerprint density at radius 2 is 2.00 bits per heavy atom. The van der Waals surface area contributed by atoms with Crippen molar-refractivity contribution < 1.29 is 14.3 Å². The lowest BCUT2D eigenvalue weighted by atomic mass is 10.3. The van der Waals surface area contributed by atoms with Crippen LogP contribution in [0.25, 0.3) is 0 Å². The van der Waals surface area contributed by atoms with Gasteiger partial charge < -0.3 is 9.47 Å². The fourth-order valence-electron chi connectivity index (χ4n) is 0.711. The minimum absolute atomic E-state index is 0.371. The molecule has 11 heavy (non-hydrogen) atoms. The van der Waals surface area contributed by atoms with Gasteiger partial charge in [0.1, 0.15) is 6.61 Å². The molecule has 3 heteroatoms. The van der Waals surface area contributed by atoms with Crippen LogP contribution in [0.4, 0.5) is 0 Å². The molecule has 0 N–H and O–H groups in total. The van der Waals surface area contributed by atoms with Gasteiger partial charge in [-0.2, -0.15) is 0 Å². The molecule has 0 bridgehead atoms. The zero-order valence-electron chi connectivity index (χ0n) is 7.04. The molecule has 0 saturated carbocycles. The van der Waals surface area contributed by atoms with Crippen LogP contribution in [0.15, 0.2) is 0 Å². The maximum atomic E-state index is 9.66. The highest BCUT2D eigenvalue weighted by molar-refractivity contribution is 5.36. The van der Waals surface area contributed by atoms with E-state index >= 15 is 0 Å². The van der Waals surface area contributed by atoms with Crippen molar-refractivity contribution in [1.82, 2.24) is 0 Å². The molecule has 0 unspecified atom stereocenters. The van der Waals surface area contributed by atoms with Gasteiger partial charge in [0.05, 0.1) is 6.61 Å². The summed E-state index contributed by atoms with van der Waals surface area (Å²) in [4.78, 5) is 9.66. The summed E-state index contributed by atoms with van der Waals surface area (Å²) in [6.45, 7) is 4.25. The van der Waals surface area contributed by atoms with Crippen LogP contribution in [-0.4, -0.2) is 26.3 Å². The molecule has 0 aliphatic heterocycles. The molecule has 0 atom stereocenters. The normalized spacial score (nSPS) is 9.55. The summed E-state index contributed by atoms with van der Waals surface area (Å²) in [5.41, 5.74) is 0. The zero-order valence-corrected chi connectivity index (χ0v) is 7.04. The summed E-state index contributed by atoms with van der Waals surface area (Å²) in [6, 6.07) is 0. The third-order valence-electron chi connectivity index (χ3n) is 1.31. The molecule has 0 aromatic carbocycles. The molecule has 0 fully saturated rings. The third-order valence-corrected chi connectivity index (χ3v) is 1.31. The van der Waals surface area contributed by atoms with Gasteiger partial charge in [0, 0.05) is 6.61 Å². The van der Waals surface area contributed by atoms with Gasteiger partial charge >= 0.3 is 0 Å². The van der Waals surface area contributed by atoms with E-state index in [4.69, 9.17) is 4.74 Å². The fourth-order valence-corrected chi connectivity index (χ4v) is 0.711. The minimum atomic E-state index is 0.371. The molecule has 0 aliphatic rings. The summed E-state index contributed by atoms with van der Waals surface area (Å²) in [5.74, 6) is 0. The number of carbonyl (C=O) groups is 1. The van der Waals surface area contributed by atoms with E-state index in [0.717, 1.165) is 13.0 Å². The summed E-state index contributed by atoms with van der Waals surface area (Å²) in [7, 11) is 0. The summed E-state index contributed by atoms with van der Waals surface area (Å²) in [5, 5.41) is 0. The van der Waals surface area contributed by atoms with Crippen LogP contribution in [0, 0.1) is 0 Å². The van der Waals surface area contributed by atoms with Crippen LogP contribution >= 0.6 is 0 Å². The molecule has 0 rings (SSSR count). The standard InChI is InChI=1S/C8H16O3/c1-2-3-4-5-10-6-7-11-8-9/h8H,2-7H2,1H3. The molecular weight excluding hydrogens is 144 g/mol. The van der Waals surface area contributed by atoms with E-state index in [1.807, 2.05) is 0 Å². The number of unbranched alkanes of at least 4 members (excludes halogenated alkanes) is 2. The molecule has 3 nitrogen and oxygen atoms in total. The molecule has 0 aromatic heterocycles. The average molecular weight is 160 g/mol. The van der Waals surface area contributed by atoms with Crippen molar-refractivity contribution in [3.05, 3.63) is 0 Å². The Labute approximate surface area is 67.7 Å². The van der Waals surface area contributed by atoms with Crippen molar-refractivity contribution in [3.63, 3.8) is 0 Å². The molecule has 0 saturated heterocycles. The van der Waals surface area contributed by atoms with Crippen LogP contribution < -0.4 is 0 Å². The number of rotatable bonds is 8. The van der Waals surface area contributed by atoms with E-state index in [0.29, 0.717) is 19.7 Å². The van der Waals surface area contributed by atoms with Crippen molar-refractivity contribution in [2.75, 3.05) is 19.8 Å². The van der Waals surface area contributed by atoms with Crippen molar-refractivity contribution in [2.24, 2.45) is 0 Å². The summed E-state index contributed by atoms with van der Waals surface area (Å²) in [6.07, 6.45) is 3.50. The number of hydrogen-bond acceptors (Lipinski definition) is 3. The van der Waals surface area contributed by atoms with Crippen LogP contribution in [0.3, 0.4) is 0 Å². The summed E-state index contributed by atoms with van der Waals surface area (Å²) >= 11 is 0. The molecule has 0 amide bonds. The Kier molecular flexibility index (Phi) is 8.94. The predicted molar refractivity (Wildman–Crippen MR) is 42.4 cm³/mol. The van der Waals surface area contributed by atoms with Crippen LogP contribution in [0.2, 0.25) is 0 Å². The molecule has 0 heterocycles. The zero-order chi connectivity index (χ0) is 8.36. The maximum Gasteiger partial charge on any atom is 0.293 e. The van der Waals surface area contributed by atoms with Gasteiger partial charge in [-0.05, 0) is 6.42 Å². The highest BCUT2D eigenvalue weighted by Gasteiger charge is 1.87. The topological polar surface area (TPSA) is 35.5 Å². The van der Waals surface area contributed by atoms with Gasteiger partial charge in [0.2, 0.25) is 0 Å². The molecule has 0 radical (unpaired) electrons. The quantitative estimate of drug-likeness (QED) is 0.397. The predicted octanol–water partition coefficient (Wildman–Crippen LogP) is 1.37. The SMILES string of the molecule is CCCCCOCCOC=O. The first-order chi connectivity index (χ1) is 5.41. The maximum absolute atomic E-state index is 9.66. The molecule has 66 valence electrons. The molecule has 0 aliphatic carbocycles. The first-order valence-electron chi connectivity index (χ1n) is 4.04. The Hall–Kier alpha value is -0.570. The Morgan fingerprint density at radius 3 is 2.64 bits per heavy atom. The Bertz CT molecular complexity index is 83.4. The minimum Gasteiger partial charge on any atom is -0.465 e. The third kappa shape index (κ3) is 9.43. The second-order valence-electron chi connectivity index (χ2n) is 2.29. The van der Waals surface area contributed by atoms with Crippen LogP contribution in [-0.2, 0) is 14.3 Å². The van der Waals surface area contributed by atoms with Gasteiger partial charge in [-0.25, -0.2) is 0 Å². The van der Waals surface area contributed by atoms with Crippen molar-refractivity contribution in [1.29, 1.82) is 0 Å². The molecule has 0 aromatic rings. The second-order valence-corrected chi connectivity index (χ2v) is 2.29. The first kappa shape index (κ1) is 10.4. The van der Waals surface area contributed by atoms with E-state index in [-0.39, 0.29) is 0 Å². The lowest BCUT2D eigenvalue weighted by Crippen LogP contribution is -2.03. The lowest BCUT2D eigenvalue weighted by Gasteiger charge is -2.01. The van der Waals surface area contributed by atoms with Gasteiger partial charge in [-0.15, -0.1) is 0 Å². The van der Waals surface area contributed by atoms with E-state index in [1.165, 1.54) is 12.8 Å². The fraction of sp³-hybridized carbons (Fsp3) is 0.875. The first-order valence-corrected chi connectivity index (χ1v) is 4.04. The van der Waals surface area contributed by atoms with E-state index in [2.05, 4.69) is 11.7 Å². The van der Waals surface area contributed by atoms with E-state index in [9.17, 15) is 4.79 Å². The van der Waals surface area contributed by atoms with Gasteiger partial charge in [-0.1, -0.05) is 19.8 Å². The smallest absolute Gasteiger partial charge is 0.293 e. The van der Waals surface area contributed by atoms with Gasteiger partial charge in [0.25, 0.3) is 6.47 Å². The molecular formula is C8H16O3. The largest absolute Gasteiger partial charge is 0.465 e. The van der Waals surface area contributed by atoms with E-state index < -0.39 is 0 Å². The van der Waals surface area contributed by atoms with E-state index in [1.54, 1.807) is 0 Å². The molecule has 0 spiro atoms. The number of hydrogen-bond donors (Lipinski definition) is 0. The van der Waals surface area contributed by atoms with Crippen molar-refractivity contribution >= 4 is 6.47 Å². The summed E-state index contributed by atoms with van der Waals surface area (Å²) < 4.78 is 9.59. The second kappa shape index (κ2) is 9.43. The lowest BCUT2D eigenvalue weighted by molar-refractivity contribution is -0.130.